The van der Waals surface area contributed by atoms with E-state index >= 15 is 0 Å². The van der Waals surface area contributed by atoms with Gasteiger partial charge in [0.2, 0.25) is 17.7 Å². The van der Waals surface area contributed by atoms with Crippen LogP contribution in [-0.4, -0.2) is 529 Å². The third kappa shape index (κ3) is 39.1. The highest BCUT2D eigenvalue weighted by Crippen LogP contribution is 2.31. The van der Waals surface area contributed by atoms with Crippen molar-refractivity contribution < 1.29 is 198 Å². The SMILES string of the molecule is O=C(O)CN(CCN(CC(=O)O)CC(=O)O)CCN(CC(=O)O)CC(=O)N[C@H]1[C@H](O[C@@H](CO)[C@@H](O)[C@H](O)[C@@H](CO)NC(=O)CN(CCN(CCN(CC(=O)O)CC(=O)O)CC(=O)O)CC(=O)O)O[C@H](CO)[C@@H](O[C@@H]2O[C@H](CO)[C@@H](O)[C@H](O)[C@H]2NC(=O)CN(CCN(CCN(CC(=O)O)CC(=O)O)CC(=O)O)CC(=O)O)[C@@H]1O. The van der Waals surface area contributed by atoms with Crippen LogP contribution in [0.5, 0.6) is 0 Å². The van der Waals surface area contributed by atoms with E-state index in [-0.39, 0.29) is 52.4 Å². The molecule has 3 amide bonds. The molecule has 640 valence electrons. The van der Waals surface area contributed by atoms with Crippen molar-refractivity contribution in [3.8, 4) is 0 Å². The van der Waals surface area contributed by atoms with E-state index in [0.29, 0.717) is 0 Å². The Bertz CT molecular complexity index is 3050. The summed E-state index contributed by atoms with van der Waals surface area (Å²) in [6, 6.07) is -6.37. The third-order valence-corrected chi connectivity index (χ3v) is 16.7. The fourth-order valence-electron chi connectivity index (χ4n) is 11.5. The minimum atomic E-state index is -2.55. The van der Waals surface area contributed by atoms with E-state index in [2.05, 4.69) is 16.0 Å². The molecule has 2 fully saturated rings. The molecule has 0 spiro atoms. The van der Waals surface area contributed by atoms with Crippen molar-refractivity contribution in [1.82, 2.24) is 60.0 Å². The molecular formula is C60H100N12O40. The number of nitrogens with zero attached hydrogens (tertiary/aromatic N) is 9. The molecule has 0 aromatic rings. The van der Waals surface area contributed by atoms with Crippen LogP contribution in [0.15, 0.2) is 0 Å². The molecule has 14 atom stereocenters. The average molecular weight is 1630 g/mol. The Balaban J connectivity index is 2.71. The summed E-state index contributed by atoms with van der Waals surface area (Å²) in [5, 5.41) is 221. The molecule has 0 saturated carbocycles. The summed E-state index contributed by atoms with van der Waals surface area (Å²) in [7, 11) is 0. The Labute approximate surface area is 634 Å². The fraction of sp³-hybridized carbons (Fsp3) is 0.750. The Kier molecular flexibility index (Phi) is 45.2. The van der Waals surface area contributed by atoms with Crippen LogP contribution < -0.4 is 16.0 Å². The first-order valence-electron chi connectivity index (χ1n) is 33.9. The van der Waals surface area contributed by atoms with Crippen LogP contribution in [0.4, 0.5) is 0 Å². The lowest BCUT2D eigenvalue weighted by atomic mass is 9.94. The van der Waals surface area contributed by atoms with E-state index < -0.39 is 326 Å². The number of carbonyl (C=O) groups is 15. The molecule has 2 aliphatic heterocycles. The molecule has 0 unspecified atom stereocenters. The maximum atomic E-state index is 14.4. The lowest BCUT2D eigenvalue weighted by Gasteiger charge is -2.48. The second kappa shape index (κ2) is 51.0. The van der Waals surface area contributed by atoms with Gasteiger partial charge in [-0.05, 0) is 0 Å². The molecule has 0 aliphatic carbocycles. The number of carboxylic acid groups (broad SMARTS) is 12. The van der Waals surface area contributed by atoms with Gasteiger partial charge >= 0.3 is 71.6 Å². The number of ether oxygens (including phenoxy) is 4. The highest BCUT2D eigenvalue weighted by molar-refractivity contribution is 5.81. The first kappa shape index (κ1) is 99.2. The number of amides is 3. The predicted octanol–water partition coefficient (Wildman–Crippen LogP) is -15.8. The standard InChI is InChI=1S/C60H100N12O40/c73-28-32(61-36(77)13-67(19-42(86)87)7-1-64(16-39(80)81)4-10-70(22-45(92)93)23-46(94)95)53(104)54(105)33(29-74)109-59-52(63-38(79)15-69(21-44(90)91)9-3-66(18-41(84)85)6-12-72(26-49(100)101)27-50(102)103)57(108)58(35(31-76)111-59)112-60-51(56(107)55(106)34(30-75)110-60)62-37(78)14-68(20-43(88)89)8-2-65(17-40(82)83)5-11-71(24-47(96)97)25-48(98)99/h32-35,51-60,73-76,104-108H,1-31H2,(H,61,77)(H,62,78)(H,63,79)(H,80,81)(H,82,83)(H,84,85)(H,86,87)(H,88,89)(H,90,91)(H,92,93)(H,94,95)(H,96,97)(H,98,99)(H,100,101)(H,102,103)/t32-,33+,34-,35-,51-,52-,53-,54-,55-,56-,57-,58-,59-,60+/m1/s1. The topological polar surface area (TPSA) is 783 Å². The van der Waals surface area contributed by atoms with Crippen LogP contribution in [-0.2, 0) is 90.9 Å². The maximum absolute atomic E-state index is 14.4. The minimum Gasteiger partial charge on any atom is -0.480 e. The number of nitrogens with one attached hydrogen (secondary N) is 3. The molecule has 52 nitrogen and oxygen atoms in total. The van der Waals surface area contributed by atoms with E-state index in [1.807, 2.05) is 0 Å². The fourth-order valence-corrected chi connectivity index (χ4v) is 11.5. The van der Waals surface area contributed by atoms with Crippen molar-refractivity contribution in [2.45, 2.75) is 85.6 Å². The number of hydrogen-bond donors (Lipinski definition) is 24. The lowest BCUT2D eigenvalue weighted by molar-refractivity contribution is -0.340. The molecule has 2 saturated heterocycles. The van der Waals surface area contributed by atoms with Crippen molar-refractivity contribution in [3.63, 3.8) is 0 Å². The van der Waals surface area contributed by atoms with E-state index in [0.717, 1.165) is 44.1 Å². The van der Waals surface area contributed by atoms with Gasteiger partial charge < -0.3 is 142 Å². The first-order valence-corrected chi connectivity index (χ1v) is 33.9. The quantitative estimate of drug-likeness (QED) is 0.0269. The second-order valence-electron chi connectivity index (χ2n) is 25.7. The summed E-state index contributed by atoms with van der Waals surface area (Å²) in [6.45, 7) is -22.8. The maximum Gasteiger partial charge on any atom is 0.317 e. The number of carboxylic acids is 12. The number of hydrogen-bond acceptors (Lipinski definition) is 37. The monoisotopic (exact) mass is 1630 g/mol. The van der Waals surface area contributed by atoms with E-state index in [1.165, 1.54) is 0 Å². The van der Waals surface area contributed by atoms with Crippen LogP contribution in [0.2, 0.25) is 0 Å². The Hall–Kier alpha value is -8.83. The summed E-state index contributed by atoms with van der Waals surface area (Å²) in [6.07, 6.45) is -25.0. The normalized spacial score (nSPS) is 21.1. The van der Waals surface area contributed by atoms with Gasteiger partial charge in [0.1, 0.15) is 67.0 Å². The van der Waals surface area contributed by atoms with Crippen molar-refractivity contribution in [3.05, 3.63) is 0 Å². The van der Waals surface area contributed by atoms with Crippen LogP contribution in [0.3, 0.4) is 0 Å². The molecule has 112 heavy (non-hydrogen) atoms. The van der Waals surface area contributed by atoms with Crippen molar-refractivity contribution in [2.24, 2.45) is 0 Å². The first-order chi connectivity index (χ1) is 52.5. The molecule has 0 radical (unpaired) electrons. The number of aliphatic hydroxyl groups is 9. The van der Waals surface area contributed by atoms with Gasteiger partial charge in [0.15, 0.2) is 12.6 Å². The van der Waals surface area contributed by atoms with Crippen molar-refractivity contribution in [2.75, 3.05) is 203 Å². The highest BCUT2D eigenvalue weighted by atomic mass is 16.7. The summed E-state index contributed by atoms with van der Waals surface area (Å²) in [5.74, 6) is -21.5. The summed E-state index contributed by atoms with van der Waals surface area (Å²) >= 11 is 0. The molecule has 52 heteroatoms. The average Bonchev–Trinajstić information content (AvgIpc) is 0.774. The molecule has 2 heterocycles. The Morgan fingerprint density at radius 1 is 0.312 bits per heavy atom. The largest absolute Gasteiger partial charge is 0.480 e. The predicted molar refractivity (Wildman–Crippen MR) is 361 cm³/mol. The van der Waals surface area contributed by atoms with Gasteiger partial charge in [-0.15, -0.1) is 0 Å². The van der Waals surface area contributed by atoms with Crippen molar-refractivity contribution >= 4 is 89.4 Å². The van der Waals surface area contributed by atoms with Crippen LogP contribution >= 0.6 is 0 Å². The highest BCUT2D eigenvalue weighted by Gasteiger charge is 2.53. The summed E-state index contributed by atoms with van der Waals surface area (Å²) < 4.78 is 23.6. The van der Waals surface area contributed by atoms with Gasteiger partial charge in [0.25, 0.3) is 0 Å². The van der Waals surface area contributed by atoms with E-state index in [4.69, 9.17) is 18.9 Å². The van der Waals surface area contributed by atoms with Gasteiger partial charge in [-0.2, -0.15) is 0 Å². The zero-order valence-corrected chi connectivity index (χ0v) is 60.2. The molecular weight excluding hydrogens is 1530 g/mol. The van der Waals surface area contributed by atoms with Crippen LogP contribution in [0, 0.1) is 0 Å². The Morgan fingerprint density at radius 2 is 0.571 bits per heavy atom. The van der Waals surface area contributed by atoms with Gasteiger partial charge in [0.05, 0.1) is 131 Å². The molecule has 0 bridgehead atoms. The molecule has 0 aromatic carbocycles. The van der Waals surface area contributed by atoms with Gasteiger partial charge in [-0.25, -0.2) is 0 Å². The van der Waals surface area contributed by atoms with Gasteiger partial charge in [-0.1, -0.05) is 0 Å². The summed E-state index contributed by atoms with van der Waals surface area (Å²) in [5.41, 5.74) is 0. The number of aliphatic carboxylic acids is 12. The van der Waals surface area contributed by atoms with E-state index in [9.17, 15) is 179 Å². The van der Waals surface area contributed by atoms with E-state index in [1.54, 1.807) is 0 Å². The van der Waals surface area contributed by atoms with Crippen LogP contribution in [0.25, 0.3) is 0 Å². The number of aliphatic hydroxyl groups excluding tert-OH is 9. The number of rotatable bonds is 62. The molecule has 2 rings (SSSR count). The smallest absolute Gasteiger partial charge is 0.317 e. The van der Waals surface area contributed by atoms with Gasteiger partial charge in [0, 0.05) is 78.5 Å². The summed E-state index contributed by atoms with van der Waals surface area (Å²) in [4.78, 5) is 191. The van der Waals surface area contributed by atoms with Crippen LogP contribution in [0.1, 0.15) is 0 Å². The van der Waals surface area contributed by atoms with Crippen molar-refractivity contribution in [1.29, 1.82) is 0 Å². The zero-order valence-electron chi connectivity index (χ0n) is 60.2. The minimum absolute atomic E-state index is 0.296. The molecule has 2 aliphatic rings. The third-order valence-electron chi connectivity index (χ3n) is 16.7. The van der Waals surface area contributed by atoms with Gasteiger partial charge in [-0.3, -0.25) is 116 Å². The molecule has 24 N–H and O–H groups in total. The number of carbonyl (C=O) groups excluding carboxylic acids is 3. The Morgan fingerprint density at radius 3 is 0.848 bits per heavy atom. The zero-order chi connectivity index (χ0) is 84.8. The molecule has 0 aromatic heterocycles. The second-order valence-corrected chi connectivity index (χ2v) is 25.7. The lowest BCUT2D eigenvalue weighted by Crippen LogP contribution is -2.70.